The monoisotopic (exact) mass is 403 g/mol. The van der Waals surface area contributed by atoms with Gasteiger partial charge >= 0.3 is 5.69 Å². The van der Waals surface area contributed by atoms with Crippen LogP contribution in [0.5, 0.6) is 0 Å². The van der Waals surface area contributed by atoms with Gasteiger partial charge in [-0.15, -0.1) is 0 Å². The molecule has 0 fully saturated rings. The molecular weight excluding hydrogens is 393 g/mol. The fourth-order valence-corrected chi connectivity index (χ4v) is 2.21. The number of hydrazine groups is 1. The molecule has 0 aliphatic carbocycles. The predicted octanol–water partition coefficient (Wildman–Crippen LogP) is 3.07. The number of hydrogen-bond acceptors (Lipinski definition) is 8. The van der Waals surface area contributed by atoms with Crippen molar-refractivity contribution in [1.29, 1.82) is 0 Å². The van der Waals surface area contributed by atoms with Crippen LogP contribution in [0.25, 0.3) is 0 Å². The molecule has 0 aliphatic rings. The molecule has 0 aliphatic heterocycles. The van der Waals surface area contributed by atoms with E-state index >= 15 is 0 Å². The molecule has 0 saturated heterocycles. The van der Waals surface area contributed by atoms with Gasteiger partial charge in [0, 0.05) is 11.8 Å². The van der Waals surface area contributed by atoms with Crippen molar-refractivity contribution in [1.82, 2.24) is 20.4 Å². The first-order valence-electron chi connectivity index (χ1n) is 7.64. The first-order valence-corrected chi connectivity index (χ1v) is 8.01. The van der Waals surface area contributed by atoms with Gasteiger partial charge in [0.25, 0.3) is 5.91 Å². The number of benzene rings is 1. The fraction of sp³-hybridized carbons (Fsp3) is 0. The summed E-state index contributed by atoms with van der Waals surface area (Å²) in [5.74, 6) is -1.27. The number of pyridine rings is 1. The number of rotatable bonds is 6. The van der Waals surface area contributed by atoms with Crippen LogP contribution < -0.4 is 16.2 Å². The van der Waals surface area contributed by atoms with E-state index in [1.807, 2.05) is 0 Å². The highest BCUT2D eigenvalue weighted by atomic mass is 35.5. The zero-order valence-corrected chi connectivity index (χ0v) is 14.6. The van der Waals surface area contributed by atoms with Crippen LogP contribution in [0.3, 0.4) is 0 Å². The number of nitrogens with zero attached hydrogens (tertiary/aromatic N) is 4. The van der Waals surface area contributed by atoms with Gasteiger partial charge in [0.15, 0.2) is 0 Å². The molecule has 0 atom stereocenters. The van der Waals surface area contributed by atoms with E-state index in [-0.39, 0.29) is 23.0 Å². The van der Waals surface area contributed by atoms with Crippen molar-refractivity contribution in [2.24, 2.45) is 0 Å². The number of amides is 1. The Morgan fingerprint density at radius 3 is 2.43 bits per heavy atom. The standard InChI is InChI=1S/C16H11ClFN7O3/c17-10-3-6-12(19-7-10)22-14-13(25(27)28)15(21-8-20-14)23-24-16(26)9-1-4-11(18)5-2-9/h1-8H,(H,24,26)(H2,19,20,21,22,23). The van der Waals surface area contributed by atoms with Crippen molar-refractivity contribution in [2.75, 3.05) is 10.7 Å². The van der Waals surface area contributed by atoms with Gasteiger partial charge < -0.3 is 5.32 Å². The number of halogens is 2. The van der Waals surface area contributed by atoms with Gasteiger partial charge in [-0.2, -0.15) is 0 Å². The molecule has 28 heavy (non-hydrogen) atoms. The summed E-state index contributed by atoms with van der Waals surface area (Å²) in [6, 6.07) is 7.82. The lowest BCUT2D eigenvalue weighted by Crippen LogP contribution is -2.30. The summed E-state index contributed by atoms with van der Waals surface area (Å²) < 4.78 is 12.9. The second-order valence-electron chi connectivity index (χ2n) is 5.25. The van der Waals surface area contributed by atoms with Gasteiger partial charge in [0.05, 0.1) is 9.95 Å². The van der Waals surface area contributed by atoms with Crippen molar-refractivity contribution in [3.05, 3.63) is 75.4 Å². The third-order valence-corrected chi connectivity index (χ3v) is 3.60. The first-order chi connectivity index (χ1) is 13.4. The lowest BCUT2D eigenvalue weighted by atomic mass is 10.2. The quantitative estimate of drug-likeness (QED) is 0.422. The molecule has 2 heterocycles. The summed E-state index contributed by atoms with van der Waals surface area (Å²) >= 11 is 5.76. The van der Waals surface area contributed by atoms with E-state index in [9.17, 15) is 19.3 Å². The van der Waals surface area contributed by atoms with Crippen LogP contribution in [-0.2, 0) is 0 Å². The summed E-state index contributed by atoms with van der Waals surface area (Å²) in [4.78, 5) is 34.4. The van der Waals surface area contributed by atoms with Gasteiger partial charge in [0.1, 0.15) is 18.0 Å². The summed E-state index contributed by atoms with van der Waals surface area (Å²) in [6.07, 6.45) is 2.43. The minimum absolute atomic E-state index is 0.145. The molecule has 142 valence electrons. The minimum atomic E-state index is -0.718. The Morgan fingerprint density at radius 2 is 1.79 bits per heavy atom. The van der Waals surface area contributed by atoms with Crippen molar-refractivity contribution in [2.45, 2.75) is 0 Å². The minimum Gasteiger partial charge on any atom is -0.319 e. The number of nitro groups is 1. The molecule has 3 N–H and O–H groups in total. The lowest BCUT2D eigenvalue weighted by molar-refractivity contribution is -0.383. The summed E-state index contributed by atoms with van der Waals surface area (Å²) in [5.41, 5.74) is 4.27. The maximum absolute atomic E-state index is 12.9. The van der Waals surface area contributed by atoms with Gasteiger partial charge in [-0.25, -0.2) is 19.3 Å². The Morgan fingerprint density at radius 1 is 1.07 bits per heavy atom. The Kier molecular flexibility index (Phi) is 5.56. The molecule has 0 spiro atoms. The van der Waals surface area contributed by atoms with E-state index in [2.05, 4.69) is 31.1 Å². The third-order valence-electron chi connectivity index (χ3n) is 3.38. The molecule has 0 bridgehead atoms. The van der Waals surface area contributed by atoms with E-state index in [1.54, 1.807) is 6.07 Å². The summed E-state index contributed by atoms with van der Waals surface area (Å²) in [7, 11) is 0. The number of carbonyl (C=O) groups is 1. The average molecular weight is 404 g/mol. The Balaban J connectivity index is 1.80. The maximum Gasteiger partial charge on any atom is 0.355 e. The van der Waals surface area contributed by atoms with Crippen molar-refractivity contribution in [3.8, 4) is 0 Å². The Hall–Kier alpha value is -3.86. The van der Waals surface area contributed by atoms with Gasteiger partial charge in [-0.05, 0) is 36.4 Å². The second kappa shape index (κ2) is 8.22. The number of carbonyl (C=O) groups excluding carboxylic acids is 1. The van der Waals surface area contributed by atoms with E-state index < -0.39 is 22.3 Å². The fourth-order valence-electron chi connectivity index (χ4n) is 2.10. The highest BCUT2D eigenvalue weighted by molar-refractivity contribution is 6.30. The SMILES string of the molecule is O=C(NNc1ncnc(Nc2ccc(Cl)cn2)c1[N+](=O)[O-])c1ccc(F)cc1. The van der Waals surface area contributed by atoms with Crippen LogP contribution in [0.2, 0.25) is 5.02 Å². The van der Waals surface area contributed by atoms with Crippen LogP contribution in [0.1, 0.15) is 10.4 Å². The molecule has 3 aromatic rings. The van der Waals surface area contributed by atoms with E-state index in [0.717, 1.165) is 18.5 Å². The molecule has 1 aromatic carbocycles. The topological polar surface area (TPSA) is 135 Å². The van der Waals surface area contributed by atoms with Crippen LogP contribution >= 0.6 is 11.6 Å². The van der Waals surface area contributed by atoms with Crippen LogP contribution in [0.15, 0.2) is 48.9 Å². The zero-order valence-electron chi connectivity index (χ0n) is 13.9. The van der Waals surface area contributed by atoms with Crippen LogP contribution in [0.4, 0.5) is 27.5 Å². The second-order valence-corrected chi connectivity index (χ2v) is 5.69. The number of hydrogen-bond donors (Lipinski definition) is 3. The molecule has 0 radical (unpaired) electrons. The smallest absolute Gasteiger partial charge is 0.319 e. The highest BCUT2D eigenvalue weighted by Crippen LogP contribution is 2.30. The summed E-state index contributed by atoms with van der Waals surface area (Å²) in [5, 5.41) is 14.6. The molecule has 12 heteroatoms. The van der Waals surface area contributed by atoms with Crippen LogP contribution in [-0.4, -0.2) is 25.8 Å². The molecule has 0 unspecified atom stereocenters. The molecule has 1 amide bonds. The Labute approximate surface area is 161 Å². The molecule has 3 rings (SSSR count). The largest absolute Gasteiger partial charge is 0.355 e. The number of anilines is 3. The van der Waals surface area contributed by atoms with Gasteiger partial charge in [-0.1, -0.05) is 11.6 Å². The highest BCUT2D eigenvalue weighted by Gasteiger charge is 2.24. The van der Waals surface area contributed by atoms with Crippen LogP contribution in [0, 0.1) is 15.9 Å². The molecule has 10 nitrogen and oxygen atoms in total. The number of nitrogens with one attached hydrogen (secondary N) is 3. The average Bonchev–Trinajstić information content (AvgIpc) is 2.68. The number of aromatic nitrogens is 3. The van der Waals surface area contributed by atoms with Gasteiger partial charge in [0.2, 0.25) is 11.6 Å². The van der Waals surface area contributed by atoms with Crippen molar-refractivity contribution < 1.29 is 14.1 Å². The van der Waals surface area contributed by atoms with E-state index in [1.165, 1.54) is 24.4 Å². The lowest BCUT2D eigenvalue weighted by Gasteiger charge is -2.10. The van der Waals surface area contributed by atoms with Crippen molar-refractivity contribution >= 4 is 40.6 Å². The third kappa shape index (κ3) is 4.45. The normalized spacial score (nSPS) is 10.2. The maximum atomic E-state index is 12.9. The summed E-state index contributed by atoms with van der Waals surface area (Å²) in [6.45, 7) is 0. The van der Waals surface area contributed by atoms with Crippen molar-refractivity contribution in [3.63, 3.8) is 0 Å². The van der Waals surface area contributed by atoms with Gasteiger partial charge in [-0.3, -0.25) is 25.8 Å². The van der Waals surface area contributed by atoms with E-state index in [4.69, 9.17) is 11.6 Å². The first kappa shape index (κ1) is 18.9. The molecule has 0 saturated carbocycles. The Bertz CT molecular complexity index is 1020. The molecule has 2 aromatic heterocycles. The molecular formula is C16H11ClFN7O3. The predicted molar refractivity (Wildman–Crippen MR) is 98.7 cm³/mol. The zero-order chi connectivity index (χ0) is 20.1. The van der Waals surface area contributed by atoms with E-state index in [0.29, 0.717) is 5.02 Å².